The highest BCUT2D eigenvalue weighted by Crippen LogP contribution is 2.44. The number of rotatable bonds is 8. The number of thiazole rings is 1. The predicted octanol–water partition coefficient (Wildman–Crippen LogP) is 5.81. The lowest BCUT2D eigenvalue weighted by atomic mass is 9.95. The van der Waals surface area contributed by atoms with E-state index in [0.717, 1.165) is 22.2 Å². The molecule has 3 aromatic rings. The fraction of sp³-hybridized carbons (Fsp3) is 0.259. The van der Waals surface area contributed by atoms with Crippen molar-refractivity contribution in [3.63, 3.8) is 0 Å². The molecule has 0 bridgehead atoms. The van der Waals surface area contributed by atoms with Crippen LogP contribution in [0.1, 0.15) is 52.8 Å². The number of aryl methyl sites for hydroxylation is 1. The van der Waals surface area contributed by atoms with E-state index in [4.69, 9.17) is 9.47 Å². The number of halogens is 1. The number of Topliss-reactive ketones (excluding diaryl/α,β-unsaturated/α-hetero) is 1. The molecule has 1 saturated heterocycles. The second-order valence-electron chi connectivity index (χ2n) is 8.23. The van der Waals surface area contributed by atoms with Gasteiger partial charge in [-0.25, -0.2) is 9.78 Å². The predicted molar refractivity (Wildman–Crippen MR) is 144 cm³/mol. The number of amides is 1. The molecule has 10 heteroatoms. The van der Waals surface area contributed by atoms with E-state index in [1.54, 1.807) is 56.3 Å². The molecule has 1 unspecified atom stereocenters. The van der Waals surface area contributed by atoms with Gasteiger partial charge in [-0.15, -0.1) is 0 Å². The van der Waals surface area contributed by atoms with Crippen molar-refractivity contribution in [2.45, 2.75) is 33.2 Å². The lowest BCUT2D eigenvalue weighted by Crippen LogP contribution is -2.29. The first kappa shape index (κ1) is 26.6. The fourth-order valence-corrected chi connectivity index (χ4v) is 5.41. The number of carbonyl (C=O) groups excluding carboxylic acids is 3. The number of hydrogen-bond acceptors (Lipinski definition) is 8. The molecular formula is C27H25BrN2O6S. The number of aliphatic hydroxyl groups excluding tert-OH is 1. The van der Waals surface area contributed by atoms with Gasteiger partial charge in [-0.3, -0.25) is 14.5 Å². The monoisotopic (exact) mass is 584 g/mol. The number of anilines is 1. The Morgan fingerprint density at radius 3 is 2.62 bits per heavy atom. The van der Waals surface area contributed by atoms with E-state index >= 15 is 0 Å². The van der Waals surface area contributed by atoms with E-state index in [9.17, 15) is 19.5 Å². The molecule has 1 aromatic heterocycles. The Morgan fingerprint density at radius 2 is 1.92 bits per heavy atom. The Bertz CT molecular complexity index is 1400. The topological polar surface area (TPSA) is 106 Å². The Kier molecular flexibility index (Phi) is 8.09. The normalized spacial score (nSPS) is 16.8. The third kappa shape index (κ3) is 5.30. The fourth-order valence-electron chi connectivity index (χ4n) is 4.00. The maximum Gasteiger partial charge on any atom is 0.350 e. The van der Waals surface area contributed by atoms with Gasteiger partial charge in [0.25, 0.3) is 5.78 Å². The highest BCUT2D eigenvalue weighted by molar-refractivity contribution is 9.10. The highest BCUT2D eigenvalue weighted by atomic mass is 79.9. The van der Waals surface area contributed by atoms with Crippen LogP contribution >= 0.6 is 27.3 Å². The number of aliphatic hydroxyl groups is 1. The zero-order chi connectivity index (χ0) is 26.7. The van der Waals surface area contributed by atoms with Gasteiger partial charge in [0, 0.05) is 10.0 Å². The summed E-state index contributed by atoms with van der Waals surface area (Å²) in [5, 5.41) is 11.5. The van der Waals surface area contributed by atoms with E-state index in [1.165, 1.54) is 4.90 Å². The molecule has 1 aliphatic rings. The van der Waals surface area contributed by atoms with Crippen molar-refractivity contribution in [1.29, 1.82) is 0 Å². The number of carbonyl (C=O) groups is 3. The molecule has 0 aliphatic carbocycles. The van der Waals surface area contributed by atoms with Crippen molar-refractivity contribution in [3.05, 3.63) is 80.3 Å². The van der Waals surface area contributed by atoms with Crippen molar-refractivity contribution in [1.82, 2.24) is 4.98 Å². The van der Waals surface area contributed by atoms with Gasteiger partial charge in [0.15, 0.2) is 5.13 Å². The van der Waals surface area contributed by atoms with Gasteiger partial charge in [0.2, 0.25) is 0 Å². The molecule has 1 N–H and O–H groups in total. The van der Waals surface area contributed by atoms with E-state index in [0.29, 0.717) is 29.2 Å². The molecule has 2 heterocycles. The molecular weight excluding hydrogens is 560 g/mol. The molecule has 37 heavy (non-hydrogen) atoms. The van der Waals surface area contributed by atoms with E-state index < -0.39 is 23.7 Å². The number of aromatic nitrogens is 1. The quantitative estimate of drug-likeness (QED) is 0.154. The molecule has 4 rings (SSSR count). The van der Waals surface area contributed by atoms with Gasteiger partial charge in [0.05, 0.1) is 30.5 Å². The Morgan fingerprint density at radius 1 is 1.16 bits per heavy atom. The van der Waals surface area contributed by atoms with E-state index in [2.05, 4.69) is 20.9 Å². The van der Waals surface area contributed by atoms with Crippen LogP contribution in [0.3, 0.4) is 0 Å². The molecule has 0 saturated carbocycles. The molecule has 192 valence electrons. The van der Waals surface area contributed by atoms with Gasteiger partial charge < -0.3 is 14.6 Å². The first-order valence-electron chi connectivity index (χ1n) is 11.7. The van der Waals surface area contributed by atoms with Gasteiger partial charge in [0.1, 0.15) is 16.4 Å². The van der Waals surface area contributed by atoms with Crippen molar-refractivity contribution in [2.75, 3.05) is 18.1 Å². The number of hydrogen-bond donors (Lipinski definition) is 1. The molecule has 1 aliphatic heterocycles. The Balaban J connectivity index is 1.88. The molecule has 2 aromatic carbocycles. The lowest BCUT2D eigenvalue weighted by Gasteiger charge is -2.23. The van der Waals surface area contributed by atoms with Gasteiger partial charge in [-0.05, 0) is 50.1 Å². The summed E-state index contributed by atoms with van der Waals surface area (Å²) >= 11 is 4.41. The molecule has 8 nitrogen and oxygen atoms in total. The van der Waals surface area contributed by atoms with Crippen molar-refractivity contribution < 1.29 is 29.0 Å². The van der Waals surface area contributed by atoms with Crippen LogP contribution < -0.4 is 9.64 Å². The largest absolute Gasteiger partial charge is 0.507 e. The van der Waals surface area contributed by atoms with Crippen LogP contribution in [0.4, 0.5) is 5.13 Å². The minimum atomic E-state index is -0.974. The lowest BCUT2D eigenvalue weighted by molar-refractivity contribution is -0.132. The van der Waals surface area contributed by atoms with Gasteiger partial charge >= 0.3 is 11.9 Å². The first-order valence-corrected chi connectivity index (χ1v) is 13.3. The standard InChI is InChI=1S/C27H25BrN2O6S/c1-4-12-36-19-11-7-9-17(14-19)22(31)20-21(16-8-6-10-18(28)13-16)30(25(33)23(20)32)27-29-15(3)24(37-27)26(34)35-5-2/h6-11,13-14,21,31H,4-5,12H2,1-3H3. The van der Waals surface area contributed by atoms with Gasteiger partial charge in [-0.2, -0.15) is 0 Å². The summed E-state index contributed by atoms with van der Waals surface area (Å²) in [4.78, 5) is 45.1. The SMILES string of the molecule is CCCOc1cccc(C(O)=C2C(=O)C(=O)N(c3nc(C)c(C(=O)OCC)s3)C2c2cccc(Br)c2)c1. The highest BCUT2D eigenvalue weighted by Gasteiger charge is 2.48. The zero-order valence-electron chi connectivity index (χ0n) is 20.5. The average molecular weight is 585 g/mol. The van der Waals surface area contributed by atoms with Crippen molar-refractivity contribution in [3.8, 4) is 5.75 Å². The number of ether oxygens (including phenoxy) is 2. The molecule has 1 atom stereocenters. The minimum absolute atomic E-state index is 0.0821. The smallest absolute Gasteiger partial charge is 0.350 e. The third-order valence-corrected chi connectivity index (χ3v) is 7.27. The van der Waals surface area contributed by atoms with Crippen LogP contribution in [-0.2, 0) is 14.3 Å². The minimum Gasteiger partial charge on any atom is -0.507 e. The summed E-state index contributed by atoms with van der Waals surface area (Å²) in [7, 11) is 0. The van der Waals surface area contributed by atoms with E-state index in [-0.39, 0.29) is 27.9 Å². The van der Waals surface area contributed by atoms with E-state index in [1.807, 2.05) is 13.0 Å². The zero-order valence-corrected chi connectivity index (χ0v) is 22.9. The summed E-state index contributed by atoms with van der Waals surface area (Å²) in [6, 6.07) is 12.9. The number of esters is 1. The summed E-state index contributed by atoms with van der Waals surface area (Å²) in [5.74, 6) is -2.05. The van der Waals surface area contributed by atoms with Crippen LogP contribution in [0.25, 0.3) is 5.76 Å². The molecule has 1 fully saturated rings. The maximum atomic E-state index is 13.4. The number of nitrogens with zero attached hydrogens (tertiary/aromatic N) is 2. The number of ketones is 1. The summed E-state index contributed by atoms with van der Waals surface area (Å²) < 4.78 is 11.5. The second kappa shape index (κ2) is 11.3. The van der Waals surface area contributed by atoms with Crippen LogP contribution in [0.2, 0.25) is 0 Å². The Hall–Kier alpha value is -3.50. The average Bonchev–Trinajstić information content (AvgIpc) is 3.39. The van der Waals surface area contributed by atoms with Gasteiger partial charge in [-0.1, -0.05) is 58.5 Å². The van der Waals surface area contributed by atoms with Crippen molar-refractivity contribution in [2.24, 2.45) is 0 Å². The van der Waals surface area contributed by atoms with Crippen LogP contribution in [0.15, 0.2) is 58.6 Å². The summed E-state index contributed by atoms with van der Waals surface area (Å²) in [6.45, 7) is 6.01. The summed E-state index contributed by atoms with van der Waals surface area (Å²) in [5.41, 5.74) is 1.23. The first-order chi connectivity index (χ1) is 17.8. The molecule has 0 spiro atoms. The molecule has 1 amide bonds. The number of benzene rings is 2. The Labute approximate surface area is 226 Å². The van der Waals surface area contributed by atoms with Crippen molar-refractivity contribution >= 4 is 55.8 Å². The van der Waals surface area contributed by atoms with Crippen LogP contribution in [-0.4, -0.2) is 41.0 Å². The van der Waals surface area contributed by atoms with Crippen LogP contribution in [0, 0.1) is 6.92 Å². The summed E-state index contributed by atoms with van der Waals surface area (Å²) in [6.07, 6.45) is 0.811. The third-order valence-electron chi connectivity index (χ3n) is 5.64. The second-order valence-corrected chi connectivity index (χ2v) is 10.1. The van der Waals surface area contributed by atoms with Crippen LogP contribution in [0.5, 0.6) is 5.75 Å². The maximum absolute atomic E-state index is 13.4. The molecule has 0 radical (unpaired) electrons.